The molecule has 0 saturated carbocycles. The van der Waals surface area contributed by atoms with Crippen molar-refractivity contribution in [2.24, 2.45) is 0 Å². The molecule has 2 aromatic carbocycles. The van der Waals surface area contributed by atoms with Gasteiger partial charge in [-0.3, -0.25) is 0 Å². The summed E-state index contributed by atoms with van der Waals surface area (Å²) in [5.74, 6) is 0.322. The number of hydrogen-bond donors (Lipinski definition) is 1. The van der Waals surface area contributed by atoms with Gasteiger partial charge in [-0.25, -0.2) is 0 Å². The van der Waals surface area contributed by atoms with E-state index in [4.69, 9.17) is 5.11 Å². The highest BCUT2D eigenvalue weighted by molar-refractivity contribution is 5.27. The van der Waals surface area contributed by atoms with Gasteiger partial charge >= 0.3 is 0 Å². The summed E-state index contributed by atoms with van der Waals surface area (Å²) in [4.78, 5) is 0. The summed E-state index contributed by atoms with van der Waals surface area (Å²) in [6.07, 6.45) is 9.55. The third kappa shape index (κ3) is 9.96. The Morgan fingerprint density at radius 1 is 0.720 bits per heavy atom. The lowest BCUT2D eigenvalue weighted by Gasteiger charge is -2.19. The Balaban J connectivity index is 0.000000370. The predicted molar refractivity (Wildman–Crippen MR) is 110 cm³/mol. The lowest BCUT2D eigenvalue weighted by molar-refractivity contribution is 0.475. The van der Waals surface area contributed by atoms with Crippen LogP contribution in [0.1, 0.15) is 77.3 Å². The number of phenols is 1. The van der Waals surface area contributed by atoms with Gasteiger partial charge in [-0.1, -0.05) is 102 Å². The van der Waals surface area contributed by atoms with Crippen LogP contribution in [-0.2, 0) is 11.8 Å². The predicted octanol–water partition coefficient (Wildman–Crippen LogP) is 7.28. The van der Waals surface area contributed by atoms with Gasteiger partial charge in [-0.2, -0.15) is 0 Å². The van der Waals surface area contributed by atoms with Crippen molar-refractivity contribution in [3.63, 3.8) is 0 Å². The fourth-order valence-electron chi connectivity index (χ4n) is 2.71. The molecule has 1 nitrogen and oxygen atoms in total. The van der Waals surface area contributed by atoms with Crippen LogP contribution in [0.15, 0.2) is 54.6 Å². The van der Waals surface area contributed by atoms with Gasteiger partial charge in [-0.05, 0) is 41.5 Å². The number of rotatable bonds is 7. The largest absolute Gasteiger partial charge is 0.508 e. The van der Waals surface area contributed by atoms with Crippen molar-refractivity contribution < 1.29 is 5.11 Å². The monoisotopic (exact) mass is 340 g/mol. The van der Waals surface area contributed by atoms with E-state index in [0.717, 1.165) is 0 Å². The summed E-state index contributed by atoms with van der Waals surface area (Å²) in [6.45, 7) is 9.10. The maximum absolute atomic E-state index is 8.63. The lowest BCUT2D eigenvalue weighted by atomic mass is 9.86. The summed E-state index contributed by atoms with van der Waals surface area (Å²) in [5, 5.41) is 8.63. The molecule has 0 fully saturated rings. The van der Waals surface area contributed by atoms with Crippen LogP contribution >= 0.6 is 0 Å². The minimum atomic E-state index is 0.276. The zero-order valence-corrected chi connectivity index (χ0v) is 16.6. The summed E-state index contributed by atoms with van der Waals surface area (Å²) in [7, 11) is 0. The number of phenolic OH excluding ortho intramolecular Hbond substituents is 1. The van der Waals surface area contributed by atoms with E-state index in [1.165, 1.54) is 56.1 Å². The minimum Gasteiger partial charge on any atom is -0.508 e. The van der Waals surface area contributed by atoms with Crippen LogP contribution in [0, 0.1) is 0 Å². The van der Waals surface area contributed by atoms with Crippen molar-refractivity contribution in [2.45, 2.75) is 78.1 Å². The number of unbranched alkanes of at least 4 members (excludes halogenated alkanes) is 5. The van der Waals surface area contributed by atoms with E-state index >= 15 is 0 Å². The van der Waals surface area contributed by atoms with E-state index in [0.29, 0.717) is 5.75 Å². The molecule has 0 heterocycles. The zero-order chi connectivity index (χ0) is 18.5. The van der Waals surface area contributed by atoms with Crippen molar-refractivity contribution in [3.05, 3.63) is 65.7 Å². The zero-order valence-electron chi connectivity index (χ0n) is 16.6. The first kappa shape index (κ1) is 21.3. The molecule has 2 aromatic rings. The van der Waals surface area contributed by atoms with Gasteiger partial charge in [0, 0.05) is 0 Å². The second-order valence-corrected chi connectivity index (χ2v) is 7.80. The molecule has 0 aromatic heterocycles. The molecule has 1 N–H and O–H groups in total. The topological polar surface area (TPSA) is 20.2 Å². The lowest BCUT2D eigenvalue weighted by Crippen LogP contribution is -2.10. The SMILES string of the molecule is CCCCCCCCc1ccc(C(C)(C)C)cc1.Oc1ccccc1. The van der Waals surface area contributed by atoms with Gasteiger partial charge < -0.3 is 5.11 Å². The molecule has 0 spiro atoms. The molecule has 0 unspecified atom stereocenters. The summed E-state index contributed by atoms with van der Waals surface area (Å²) in [6, 6.07) is 17.9. The Morgan fingerprint density at radius 2 is 1.28 bits per heavy atom. The molecule has 0 radical (unpaired) electrons. The second-order valence-electron chi connectivity index (χ2n) is 7.80. The van der Waals surface area contributed by atoms with E-state index in [1.54, 1.807) is 24.3 Å². The van der Waals surface area contributed by atoms with E-state index < -0.39 is 0 Å². The van der Waals surface area contributed by atoms with Crippen LogP contribution in [0.3, 0.4) is 0 Å². The van der Waals surface area contributed by atoms with Crippen LogP contribution in [0.5, 0.6) is 5.75 Å². The Bertz CT molecular complexity index is 549. The quantitative estimate of drug-likeness (QED) is 0.525. The maximum Gasteiger partial charge on any atom is 0.115 e. The van der Waals surface area contributed by atoms with E-state index in [2.05, 4.69) is 52.0 Å². The Morgan fingerprint density at radius 3 is 1.76 bits per heavy atom. The second kappa shape index (κ2) is 11.7. The third-order valence-electron chi connectivity index (χ3n) is 4.40. The number of para-hydroxylation sites is 1. The van der Waals surface area contributed by atoms with Crippen LogP contribution < -0.4 is 0 Å². The van der Waals surface area contributed by atoms with Crippen LogP contribution in [-0.4, -0.2) is 5.11 Å². The van der Waals surface area contributed by atoms with Gasteiger partial charge in [0.25, 0.3) is 0 Å². The molecular formula is C24H36O. The fraction of sp³-hybridized carbons (Fsp3) is 0.500. The average molecular weight is 341 g/mol. The van der Waals surface area contributed by atoms with Gasteiger partial charge in [0.15, 0.2) is 0 Å². The fourth-order valence-corrected chi connectivity index (χ4v) is 2.71. The Hall–Kier alpha value is -1.76. The van der Waals surface area contributed by atoms with Crippen molar-refractivity contribution in [3.8, 4) is 5.75 Å². The number of benzene rings is 2. The highest BCUT2D eigenvalue weighted by atomic mass is 16.3. The van der Waals surface area contributed by atoms with Crippen LogP contribution in [0.25, 0.3) is 0 Å². The highest BCUT2D eigenvalue weighted by Gasteiger charge is 2.12. The van der Waals surface area contributed by atoms with E-state index in [-0.39, 0.29) is 5.41 Å². The Labute approximate surface area is 155 Å². The van der Waals surface area contributed by atoms with Crippen molar-refractivity contribution in [1.82, 2.24) is 0 Å². The van der Waals surface area contributed by atoms with Gasteiger partial charge in [0.05, 0.1) is 0 Å². The van der Waals surface area contributed by atoms with Gasteiger partial charge in [0.1, 0.15) is 5.75 Å². The first-order chi connectivity index (χ1) is 11.9. The van der Waals surface area contributed by atoms with Crippen molar-refractivity contribution in [1.29, 1.82) is 0 Å². The van der Waals surface area contributed by atoms with Gasteiger partial charge in [-0.15, -0.1) is 0 Å². The molecule has 2 rings (SSSR count). The molecule has 0 aliphatic rings. The number of aromatic hydroxyl groups is 1. The minimum absolute atomic E-state index is 0.276. The van der Waals surface area contributed by atoms with Crippen LogP contribution in [0.4, 0.5) is 0 Å². The molecule has 138 valence electrons. The molecular weight excluding hydrogens is 304 g/mol. The van der Waals surface area contributed by atoms with Crippen molar-refractivity contribution >= 4 is 0 Å². The standard InChI is InChI=1S/C18H30.C6H6O/c1-5-6-7-8-9-10-11-16-12-14-17(15-13-16)18(2,3)4;7-6-4-2-1-3-5-6/h12-15H,5-11H2,1-4H3;1-5,7H. The summed E-state index contributed by atoms with van der Waals surface area (Å²) in [5.41, 5.74) is 3.21. The highest BCUT2D eigenvalue weighted by Crippen LogP contribution is 2.22. The smallest absolute Gasteiger partial charge is 0.115 e. The molecule has 0 aliphatic heterocycles. The number of aryl methyl sites for hydroxylation is 1. The van der Waals surface area contributed by atoms with Gasteiger partial charge in [0.2, 0.25) is 0 Å². The molecule has 0 aliphatic carbocycles. The summed E-state index contributed by atoms with van der Waals surface area (Å²) >= 11 is 0. The Kier molecular flexibility index (Phi) is 9.99. The summed E-state index contributed by atoms with van der Waals surface area (Å²) < 4.78 is 0. The molecule has 1 heteroatoms. The van der Waals surface area contributed by atoms with E-state index in [1.807, 2.05) is 6.07 Å². The first-order valence-corrected chi connectivity index (χ1v) is 9.77. The average Bonchev–Trinajstić information content (AvgIpc) is 2.59. The number of hydrogen-bond acceptors (Lipinski definition) is 1. The molecule has 0 saturated heterocycles. The molecule has 0 bridgehead atoms. The maximum atomic E-state index is 8.63. The first-order valence-electron chi connectivity index (χ1n) is 9.77. The third-order valence-corrected chi connectivity index (χ3v) is 4.40. The molecule has 0 amide bonds. The normalized spacial score (nSPS) is 10.9. The van der Waals surface area contributed by atoms with Crippen molar-refractivity contribution in [2.75, 3.05) is 0 Å². The molecule has 25 heavy (non-hydrogen) atoms. The molecule has 0 atom stereocenters. The van der Waals surface area contributed by atoms with E-state index in [9.17, 15) is 0 Å². The van der Waals surface area contributed by atoms with Crippen LogP contribution in [0.2, 0.25) is 0 Å².